The molecule has 2 aromatic heterocycles. The lowest BCUT2D eigenvalue weighted by Gasteiger charge is -2.31. The van der Waals surface area contributed by atoms with Gasteiger partial charge in [-0.25, -0.2) is 9.78 Å². The van der Waals surface area contributed by atoms with Gasteiger partial charge in [-0.15, -0.1) is 10.2 Å². The minimum Gasteiger partial charge on any atom is -0.383 e. The average Bonchev–Trinajstić information content (AvgIpc) is 3.34. The van der Waals surface area contributed by atoms with Gasteiger partial charge in [-0.1, -0.05) is 0 Å². The van der Waals surface area contributed by atoms with Gasteiger partial charge < -0.3 is 24.1 Å². The Bertz CT molecular complexity index is 801. The van der Waals surface area contributed by atoms with Crippen molar-refractivity contribution >= 4 is 11.8 Å². The third-order valence-electron chi connectivity index (χ3n) is 4.98. The summed E-state index contributed by atoms with van der Waals surface area (Å²) in [6.07, 6.45) is 7.20. The van der Waals surface area contributed by atoms with Crippen molar-refractivity contribution < 1.29 is 14.3 Å². The molecule has 1 unspecified atom stereocenters. The van der Waals surface area contributed by atoms with E-state index in [-0.39, 0.29) is 17.7 Å². The number of rotatable bonds is 8. The van der Waals surface area contributed by atoms with E-state index in [2.05, 4.69) is 20.5 Å². The molecular weight excluding hydrogens is 362 g/mol. The molecule has 3 rings (SSSR count). The molecule has 1 aliphatic heterocycles. The smallest absolute Gasteiger partial charge is 0.317 e. The minimum atomic E-state index is -0.210. The Morgan fingerprint density at radius 3 is 3.00 bits per heavy atom. The van der Waals surface area contributed by atoms with Crippen molar-refractivity contribution in [2.75, 3.05) is 33.4 Å². The molecule has 3 heterocycles. The minimum absolute atomic E-state index is 0.00348. The van der Waals surface area contributed by atoms with E-state index in [9.17, 15) is 9.59 Å². The summed E-state index contributed by atoms with van der Waals surface area (Å²) in [5.41, 5.74) is 0. The number of likely N-dealkylation sites (tertiary alicyclic amines) is 1. The predicted octanol–water partition coefficient (Wildman–Crippen LogP) is 0.505. The van der Waals surface area contributed by atoms with Crippen LogP contribution in [-0.4, -0.2) is 74.4 Å². The van der Waals surface area contributed by atoms with Gasteiger partial charge in [0.05, 0.1) is 6.61 Å². The van der Waals surface area contributed by atoms with Crippen LogP contribution in [0.25, 0.3) is 0 Å². The number of carbonyl (C=O) groups excluding carboxylic acids is 2. The van der Waals surface area contributed by atoms with Gasteiger partial charge in [0.15, 0.2) is 5.82 Å². The number of nitrogens with one attached hydrogen (secondary N) is 1. The first-order chi connectivity index (χ1) is 13.6. The van der Waals surface area contributed by atoms with E-state index >= 15 is 0 Å². The molecule has 28 heavy (non-hydrogen) atoms. The molecule has 10 nitrogen and oxygen atoms in total. The maximum atomic E-state index is 12.7. The van der Waals surface area contributed by atoms with E-state index in [0.29, 0.717) is 45.0 Å². The maximum Gasteiger partial charge on any atom is 0.317 e. The molecule has 0 aliphatic carbocycles. The van der Waals surface area contributed by atoms with Crippen LogP contribution in [0.1, 0.15) is 29.3 Å². The SMILES string of the molecule is COCCn1cnnc1CCNC(=O)N1CCCC(C(=O)c2nccn2C)C1. The highest BCUT2D eigenvalue weighted by atomic mass is 16.5. The molecule has 0 saturated carbocycles. The summed E-state index contributed by atoms with van der Waals surface area (Å²) in [6.45, 7) is 2.78. The first-order valence-electron chi connectivity index (χ1n) is 9.50. The molecule has 1 fully saturated rings. The fourth-order valence-corrected chi connectivity index (χ4v) is 3.40. The largest absolute Gasteiger partial charge is 0.383 e. The number of Topliss-reactive ketones (excluding diaryl/α,β-unsaturated/α-hetero) is 1. The molecule has 1 saturated heterocycles. The number of ketones is 1. The number of aromatic nitrogens is 5. The van der Waals surface area contributed by atoms with Crippen LogP contribution < -0.4 is 5.32 Å². The molecule has 1 aliphatic rings. The third-order valence-corrected chi connectivity index (χ3v) is 4.98. The van der Waals surface area contributed by atoms with Gasteiger partial charge in [0.25, 0.3) is 0 Å². The molecular formula is C18H27N7O3. The molecule has 1 atom stereocenters. The molecule has 2 amide bonds. The lowest BCUT2D eigenvalue weighted by Crippen LogP contribution is -2.47. The van der Waals surface area contributed by atoms with Crippen molar-refractivity contribution in [2.45, 2.75) is 25.8 Å². The Hall–Kier alpha value is -2.75. The van der Waals surface area contributed by atoms with Gasteiger partial charge in [0.2, 0.25) is 5.78 Å². The highest BCUT2D eigenvalue weighted by molar-refractivity contribution is 5.95. The lowest BCUT2D eigenvalue weighted by molar-refractivity contribution is 0.0832. The summed E-state index contributed by atoms with van der Waals surface area (Å²) in [7, 11) is 3.45. The number of amides is 2. The monoisotopic (exact) mass is 389 g/mol. The second kappa shape index (κ2) is 9.45. The van der Waals surface area contributed by atoms with Crippen LogP contribution >= 0.6 is 0 Å². The van der Waals surface area contributed by atoms with E-state index < -0.39 is 0 Å². The number of imidazole rings is 1. The molecule has 2 aromatic rings. The predicted molar refractivity (Wildman–Crippen MR) is 101 cm³/mol. The van der Waals surface area contributed by atoms with Crippen LogP contribution in [-0.2, 0) is 24.8 Å². The zero-order chi connectivity index (χ0) is 19.9. The number of piperidine rings is 1. The number of urea groups is 1. The second-order valence-electron chi connectivity index (χ2n) is 6.93. The highest BCUT2D eigenvalue weighted by Gasteiger charge is 2.30. The third kappa shape index (κ3) is 4.75. The Kier molecular flexibility index (Phi) is 6.75. The van der Waals surface area contributed by atoms with Gasteiger partial charge in [-0.3, -0.25) is 4.79 Å². The highest BCUT2D eigenvalue weighted by Crippen LogP contribution is 2.20. The quantitative estimate of drug-likeness (QED) is 0.659. The van der Waals surface area contributed by atoms with Gasteiger partial charge in [-0.2, -0.15) is 0 Å². The van der Waals surface area contributed by atoms with Crippen LogP contribution in [0, 0.1) is 5.92 Å². The lowest BCUT2D eigenvalue weighted by atomic mass is 9.93. The molecule has 10 heteroatoms. The number of hydrogen-bond donors (Lipinski definition) is 1. The fourth-order valence-electron chi connectivity index (χ4n) is 3.40. The number of carbonyl (C=O) groups is 2. The van der Waals surface area contributed by atoms with Crippen LogP contribution in [0.4, 0.5) is 4.79 Å². The molecule has 0 spiro atoms. The van der Waals surface area contributed by atoms with Crippen LogP contribution in [0.3, 0.4) is 0 Å². The molecule has 152 valence electrons. The van der Waals surface area contributed by atoms with Crippen molar-refractivity contribution in [1.82, 2.24) is 34.5 Å². The van der Waals surface area contributed by atoms with Gasteiger partial charge >= 0.3 is 6.03 Å². The summed E-state index contributed by atoms with van der Waals surface area (Å²) in [5, 5.41) is 10.9. The topological polar surface area (TPSA) is 107 Å². The number of nitrogens with zero attached hydrogens (tertiary/aromatic N) is 6. The van der Waals surface area contributed by atoms with Crippen molar-refractivity contribution in [2.24, 2.45) is 13.0 Å². The Morgan fingerprint density at radius 2 is 2.25 bits per heavy atom. The summed E-state index contributed by atoms with van der Waals surface area (Å²) in [5.74, 6) is 1.04. The van der Waals surface area contributed by atoms with Crippen molar-refractivity contribution in [3.63, 3.8) is 0 Å². The second-order valence-corrected chi connectivity index (χ2v) is 6.93. The van der Waals surface area contributed by atoms with E-state index in [4.69, 9.17) is 4.74 Å². The van der Waals surface area contributed by atoms with Crippen LogP contribution in [0.5, 0.6) is 0 Å². The first kappa shape index (κ1) is 20.0. The number of ether oxygens (including phenoxy) is 1. The zero-order valence-electron chi connectivity index (χ0n) is 16.4. The van der Waals surface area contributed by atoms with Gasteiger partial charge in [-0.05, 0) is 12.8 Å². The summed E-state index contributed by atoms with van der Waals surface area (Å²) < 4.78 is 8.71. The van der Waals surface area contributed by atoms with Crippen LogP contribution in [0.2, 0.25) is 0 Å². The zero-order valence-corrected chi connectivity index (χ0v) is 16.4. The summed E-state index contributed by atoms with van der Waals surface area (Å²) >= 11 is 0. The number of hydrogen-bond acceptors (Lipinski definition) is 6. The number of aryl methyl sites for hydroxylation is 1. The van der Waals surface area contributed by atoms with Gasteiger partial charge in [0, 0.05) is 65.1 Å². The van der Waals surface area contributed by atoms with Gasteiger partial charge in [0.1, 0.15) is 12.2 Å². The summed E-state index contributed by atoms with van der Waals surface area (Å²) in [4.78, 5) is 31.0. The molecule has 0 radical (unpaired) electrons. The standard InChI is InChI=1S/C18H27N7O3/c1-23-9-7-19-17(23)16(26)14-4-3-8-24(12-14)18(27)20-6-5-15-22-21-13-25(15)10-11-28-2/h7,9,13-14H,3-6,8,10-12H2,1-2H3,(H,20,27). The van der Waals surface area contributed by atoms with E-state index in [0.717, 1.165) is 18.7 Å². The molecule has 1 N–H and O–H groups in total. The van der Waals surface area contributed by atoms with Crippen molar-refractivity contribution in [1.29, 1.82) is 0 Å². The number of methoxy groups -OCH3 is 1. The maximum absolute atomic E-state index is 12.7. The molecule has 0 aromatic carbocycles. The Balaban J connectivity index is 1.49. The molecule has 0 bridgehead atoms. The van der Waals surface area contributed by atoms with Crippen molar-refractivity contribution in [3.8, 4) is 0 Å². The van der Waals surface area contributed by atoms with E-state index in [1.54, 1.807) is 42.3 Å². The Morgan fingerprint density at radius 1 is 1.39 bits per heavy atom. The normalized spacial score (nSPS) is 16.9. The van der Waals surface area contributed by atoms with E-state index in [1.807, 2.05) is 4.57 Å². The van der Waals surface area contributed by atoms with E-state index in [1.165, 1.54) is 0 Å². The fraction of sp³-hybridized carbons (Fsp3) is 0.611. The summed E-state index contributed by atoms with van der Waals surface area (Å²) in [6, 6.07) is -0.153. The first-order valence-corrected chi connectivity index (χ1v) is 9.50. The Labute approximate surface area is 163 Å². The van der Waals surface area contributed by atoms with Crippen LogP contribution in [0.15, 0.2) is 18.7 Å². The van der Waals surface area contributed by atoms with Crippen molar-refractivity contribution in [3.05, 3.63) is 30.4 Å². The average molecular weight is 389 g/mol.